The van der Waals surface area contributed by atoms with Gasteiger partial charge in [-0.15, -0.1) is 0 Å². The topological polar surface area (TPSA) is 160 Å². The predicted molar refractivity (Wildman–Crippen MR) is 253 cm³/mol. The maximum Gasteiger partial charge on any atom is 0.272 e. The fourth-order valence-corrected chi connectivity index (χ4v) is 11.1. The Hall–Kier alpha value is -5.58. The number of ether oxygens (including phenoxy) is 1. The van der Waals surface area contributed by atoms with Gasteiger partial charge >= 0.3 is 0 Å². The van der Waals surface area contributed by atoms with Crippen molar-refractivity contribution in [3.8, 4) is 0 Å². The number of hydrogen-bond acceptors (Lipinski definition) is 9. The summed E-state index contributed by atoms with van der Waals surface area (Å²) >= 11 is 0. The Morgan fingerprint density at radius 1 is 0.735 bits per heavy atom. The first-order valence-corrected chi connectivity index (χ1v) is 24.9. The van der Waals surface area contributed by atoms with E-state index in [2.05, 4.69) is 25.7 Å². The van der Waals surface area contributed by atoms with Crippen LogP contribution in [0.5, 0.6) is 0 Å². The Morgan fingerprint density at radius 3 is 2.16 bits per heavy atom. The summed E-state index contributed by atoms with van der Waals surface area (Å²) in [6.45, 7) is 5.68. The van der Waals surface area contributed by atoms with Crippen LogP contribution in [0.2, 0.25) is 0 Å². The van der Waals surface area contributed by atoms with Crippen molar-refractivity contribution in [1.29, 1.82) is 0 Å². The number of carbonyl (C=O) groups excluding carboxylic acids is 4. The van der Waals surface area contributed by atoms with E-state index in [1.807, 2.05) is 17.0 Å². The highest BCUT2D eigenvalue weighted by Crippen LogP contribution is 2.31. The molecule has 4 aromatic rings. The number of piperazine rings is 1. The first-order chi connectivity index (χ1) is 33.1. The van der Waals surface area contributed by atoms with Crippen LogP contribution in [0.25, 0.3) is 10.8 Å². The molecule has 9 rings (SSSR count). The summed E-state index contributed by atoms with van der Waals surface area (Å²) in [5, 5.41) is 14.3. The van der Waals surface area contributed by atoms with Crippen molar-refractivity contribution in [2.45, 2.75) is 101 Å². The molecule has 5 fully saturated rings. The molecule has 16 heteroatoms. The zero-order valence-corrected chi connectivity index (χ0v) is 38.9. The smallest absolute Gasteiger partial charge is 0.272 e. The molecule has 5 heterocycles. The second-order valence-corrected chi connectivity index (χ2v) is 19.4. The Morgan fingerprint density at radius 2 is 1.44 bits per heavy atom. The van der Waals surface area contributed by atoms with E-state index in [1.165, 1.54) is 12.1 Å². The molecule has 1 aromatic heterocycles. The van der Waals surface area contributed by atoms with E-state index >= 15 is 8.78 Å². The first kappa shape index (κ1) is 47.5. The van der Waals surface area contributed by atoms with Gasteiger partial charge in [0.15, 0.2) is 0 Å². The summed E-state index contributed by atoms with van der Waals surface area (Å²) in [4.78, 5) is 74.6. The fourth-order valence-electron chi connectivity index (χ4n) is 11.1. The predicted octanol–water partition coefficient (Wildman–Crippen LogP) is 5.39. The summed E-state index contributed by atoms with van der Waals surface area (Å²) < 4.78 is 37.5. The number of nitrogens with zero attached hydrogens (tertiary/aromatic N) is 5. The summed E-state index contributed by atoms with van der Waals surface area (Å²) in [7, 11) is 0. The summed E-state index contributed by atoms with van der Waals surface area (Å²) in [5.41, 5.74) is 1.54. The lowest BCUT2D eigenvalue weighted by Crippen LogP contribution is -2.55. The van der Waals surface area contributed by atoms with Crippen molar-refractivity contribution in [1.82, 2.24) is 40.4 Å². The van der Waals surface area contributed by atoms with Gasteiger partial charge in [-0.05, 0) is 105 Å². The van der Waals surface area contributed by atoms with E-state index in [0.717, 1.165) is 77.4 Å². The minimum Gasteiger partial charge on any atom is -0.375 e. The Labute approximate surface area is 396 Å². The molecular weight excluding hydrogens is 871 g/mol. The lowest BCUT2D eigenvalue weighted by Gasteiger charge is -2.40. The average molecular weight is 935 g/mol. The number of aromatic amines is 1. The quantitative estimate of drug-likeness (QED) is 0.169. The molecule has 4 saturated heterocycles. The molecule has 14 nitrogen and oxygen atoms in total. The van der Waals surface area contributed by atoms with Crippen LogP contribution in [-0.2, 0) is 20.7 Å². The second-order valence-electron chi connectivity index (χ2n) is 19.4. The molecule has 5 aliphatic rings. The molecule has 1 aliphatic carbocycles. The normalized spacial score (nSPS) is 20.9. The third kappa shape index (κ3) is 11.0. The van der Waals surface area contributed by atoms with Crippen LogP contribution in [0.3, 0.4) is 0 Å². The van der Waals surface area contributed by atoms with Crippen molar-refractivity contribution in [2.75, 3.05) is 72.0 Å². The summed E-state index contributed by atoms with van der Waals surface area (Å²) in [5.74, 6) is -2.11. The lowest BCUT2D eigenvalue weighted by atomic mass is 9.83. The number of likely N-dealkylation sites (tertiary alicyclic amines) is 2. The molecule has 2 unspecified atom stereocenters. The minimum absolute atomic E-state index is 0.000634. The Kier molecular flexibility index (Phi) is 15.2. The van der Waals surface area contributed by atoms with Gasteiger partial charge in [0.05, 0.1) is 41.0 Å². The standard InChI is InChI=1S/C52H64F2N8O6/c53-44-16-15-34(31-45-40-11-4-5-12-41(40)50(65)58-57-45)30-43(44)51(66)62-28-26-60(27-29-62)46(63)33-59-22-17-37(18-23-59)68-38-19-24-61(25-20-38)52(67)48(35-8-2-1-3-9-35)56-49(64)42-14-6-13-39(47(42)54)36-10-7-21-55-32-36/h4-6,11-16,30,35-38,48,55H,1-3,7-10,17-29,31-33H2,(H,56,64)(H,58,65). The number of nitrogens with one attached hydrogen (secondary N) is 3. The van der Waals surface area contributed by atoms with Gasteiger partial charge in [-0.2, -0.15) is 5.10 Å². The van der Waals surface area contributed by atoms with Crippen molar-refractivity contribution < 1.29 is 32.7 Å². The van der Waals surface area contributed by atoms with Crippen LogP contribution in [0, 0.1) is 17.6 Å². The monoisotopic (exact) mass is 934 g/mol. The highest BCUT2D eigenvalue weighted by molar-refractivity contribution is 5.98. The van der Waals surface area contributed by atoms with Gasteiger partial charge in [0.25, 0.3) is 17.4 Å². The number of aromatic nitrogens is 2. The molecule has 4 aliphatic heterocycles. The van der Waals surface area contributed by atoms with Gasteiger partial charge in [0.1, 0.15) is 17.7 Å². The minimum atomic E-state index is -0.702. The lowest BCUT2D eigenvalue weighted by molar-refractivity contribution is -0.140. The van der Waals surface area contributed by atoms with Gasteiger partial charge in [-0.3, -0.25) is 28.9 Å². The number of halogens is 2. The van der Waals surface area contributed by atoms with Crippen LogP contribution < -0.4 is 16.2 Å². The molecular formula is C52H64F2N8O6. The maximum absolute atomic E-state index is 15.9. The molecule has 0 bridgehead atoms. The van der Waals surface area contributed by atoms with E-state index in [1.54, 1.807) is 46.2 Å². The number of piperidine rings is 3. The van der Waals surface area contributed by atoms with Crippen LogP contribution in [0.15, 0.2) is 65.5 Å². The van der Waals surface area contributed by atoms with Gasteiger partial charge in [-0.1, -0.05) is 55.7 Å². The van der Waals surface area contributed by atoms with Crippen molar-refractivity contribution in [2.24, 2.45) is 5.92 Å². The van der Waals surface area contributed by atoms with E-state index in [4.69, 9.17) is 4.74 Å². The molecule has 68 heavy (non-hydrogen) atoms. The molecule has 3 aromatic carbocycles. The van der Waals surface area contributed by atoms with E-state index in [9.17, 15) is 24.0 Å². The molecule has 0 radical (unpaired) electrons. The largest absolute Gasteiger partial charge is 0.375 e. The molecule has 4 amide bonds. The zero-order valence-electron chi connectivity index (χ0n) is 38.9. The average Bonchev–Trinajstić information content (AvgIpc) is 3.38. The third-order valence-corrected chi connectivity index (χ3v) is 15.0. The number of carbonyl (C=O) groups is 4. The van der Waals surface area contributed by atoms with Crippen LogP contribution in [0.4, 0.5) is 8.78 Å². The van der Waals surface area contributed by atoms with E-state index in [-0.39, 0.29) is 59.1 Å². The van der Waals surface area contributed by atoms with E-state index < -0.39 is 29.5 Å². The number of H-pyrrole nitrogens is 1. The highest BCUT2D eigenvalue weighted by Gasteiger charge is 2.37. The van der Waals surface area contributed by atoms with Gasteiger partial charge in [0, 0.05) is 70.7 Å². The van der Waals surface area contributed by atoms with Gasteiger partial charge in [0.2, 0.25) is 11.8 Å². The number of rotatable bonds is 12. The van der Waals surface area contributed by atoms with Crippen molar-refractivity contribution in [3.05, 3.63) is 111 Å². The second kappa shape index (κ2) is 21.8. The summed E-state index contributed by atoms with van der Waals surface area (Å²) in [6, 6.07) is 15.9. The first-order valence-electron chi connectivity index (χ1n) is 24.9. The number of amides is 4. The molecule has 3 N–H and O–H groups in total. The summed E-state index contributed by atoms with van der Waals surface area (Å²) in [6.07, 6.45) is 9.99. The molecule has 0 spiro atoms. The van der Waals surface area contributed by atoms with Crippen molar-refractivity contribution >= 4 is 34.4 Å². The highest BCUT2D eigenvalue weighted by atomic mass is 19.1. The number of benzene rings is 3. The maximum atomic E-state index is 15.9. The number of fused-ring (bicyclic) bond motifs is 1. The SMILES string of the molecule is O=C(NC(C(=O)N1CCC(OC2CCN(CC(=O)N3CCN(C(=O)c4cc(Cc5n[nH]c(=O)c6ccccc56)ccc4F)CC3)CC2)CC1)C1CCCCC1)c1cccc(C2CCCNC2)c1F. The Balaban J connectivity index is 0.710. The van der Waals surface area contributed by atoms with Crippen LogP contribution in [-0.4, -0.2) is 144 Å². The van der Waals surface area contributed by atoms with Crippen LogP contribution >= 0.6 is 0 Å². The molecule has 1 saturated carbocycles. The third-order valence-electron chi connectivity index (χ3n) is 15.0. The molecule has 2 atom stereocenters. The fraction of sp³-hybridized carbons (Fsp3) is 0.538. The van der Waals surface area contributed by atoms with Gasteiger partial charge < -0.3 is 30.1 Å². The Bertz CT molecular complexity index is 2500. The van der Waals surface area contributed by atoms with Crippen LogP contribution in [0.1, 0.15) is 114 Å². The van der Waals surface area contributed by atoms with Crippen molar-refractivity contribution in [3.63, 3.8) is 0 Å². The number of hydrogen-bond donors (Lipinski definition) is 3. The van der Waals surface area contributed by atoms with E-state index in [0.29, 0.717) is 92.7 Å². The van der Waals surface area contributed by atoms with Gasteiger partial charge in [-0.25, -0.2) is 13.9 Å². The molecule has 362 valence electrons. The zero-order chi connectivity index (χ0) is 47.1.